The van der Waals surface area contributed by atoms with E-state index in [1.54, 1.807) is 0 Å². The molecule has 1 N–H and O–H groups in total. The van der Waals surface area contributed by atoms with Gasteiger partial charge in [-0.2, -0.15) is 0 Å². The molecule has 0 atom stereocenters. The standard InChI is InChI=1S/C13H24N2S/c1-12(2)9-10-16-11(14-12)15-13(3)7-5-4-6-8-13/h4-10H2,1-3H3,(H,14,15). The van der Waals surface area contributed by atoms with Crippen LogP contribution in [-0.4, -0.2) is 22.0 Å². The molecule has 1 aliphatic carbocycles. The van der Waals surface area contributed by atoms with Gasteiger partial charge in [0.25, 0.3) is 0 Å². The summed E-state index contributed by atoms with van der Waals surface area (Å²) in [5.74, 6) is 1.20. The molecule has 0 radical (unpaired) electrons. The maximum Gasteiger partial charge on any atom is 0.157 e. The van der Waals surface area contributed by atoms with Crippen molar-refractivity contribution in [3.63, 3.8) is 0 Å². The predicted molar refractivity (Wildman–Crippen MR) is 73.2 cm³/mol. The highest BCUT2D eigenvalue weighted by atomic mass is 32.2. The molecule has 1 heterocycles. The van der Waals surface area contributed by atoms with Crippen LogP contribution in [0.4, 0.5) is 0 Å². The molecular formula is C13H24N2S. The van der Waals surface area contributed by atoms with Gasteiger partial charge in [-0.15, -0.1) is 0 Å². The molecule has 0 bridgehead atoms. The Kier molecular flexibility index (Phi) is 3.53. The number of amidine groups is 1. The second-order valence-corrected chi connectivity index (χ2v) is 7.17. The van der Waals surface area contributed by atoms with E-state index in [1.165, 1.54) is 49.4 Å². The van der Waals surface area contributed by atoms with E-state index in [0.717, 1.165) is 0 Å². The van der Waals surface area contributed by atoms with Gasteiger partial charge in [0, 0.05) is 11.3 Å². The fraction of sp³-hybridized carbons (Fsp3) is 0.923. The van der Waals surface area contributed by atoms with Crippen LogP contribution in [0, 0.1) is 0 Å². The zero-order chi connectivity index (χ0) is 11.6. The summed E-state index contributed by atoms with van der Waals surface area (Å²) >= 11 is 1.90. The third-order valence-corrected chi connectivity index (χ3v) is 4.59. The van der Waals surface area contributed by atoms with Gasteiger partial charge < -0.3 is 5.32 Å². The molecule has 0 unspecified atom stereocenters. The number of rotatable bonds is 1. The summed E-state index contributed by atoms with van der Waals surface area (Å²) in [6.45, 7) is 6.86. The average Bonchev–Trinajstić information content (AvgIpc) is 2.16. The zero-order valence-electron chi connectivity index (χ0n) is 10.8. The molecule has 0 aromatic carbocycles. The Balaban J connectivity index is 2.04. The van der Waals surface area contributed by atoms with Gasteiger partial charge in [0.2, 0.25) is 0 Å². The highest BCUT2D eigenvalue weighted by Gasteiger charge is 2.30. The summed E-state index contributed by atoms with van der Waals surface area (Å²) in [6.07, 6.45) is 7.85. The van der Waals surface area contributed by atoms with Gasteiger partial charge in [0.1, 0.15) is 0 Å². The van der Waals surface area contributed by atoms with Gasteiger partial charge >= 0.3 is 0 Å². The first-order chi connectivity index (χ1) is 7.49. The fourth-order valence-corrected chi connectivity index (χ4v) is 3.96. The van der Waals surface area contributed by atoms with Crippen LogP contribution in [0.25, 0.3) is 0 Å². The number of hydrogen-bond donors (Lipinski definition) is 1. The molecule has 1 saturated carbocycles. The van der Waals surface area contributed by atoms with Gasteiger partial charge in [0.05, 0.1) is 5.54 Å². The van der Waals surface area contributed by atoms with E-state index in [1.807, 2.05) is 11.8 Å². The topological polar surface area (TPSA) is 24.4 Å². The Morgan fingerprint density at radius 2 is 1.75 bits per heavy atom. The molecule has 2 fully saturated rings. The van der Waals surface area contributed by atoms with Crippen molar-refractivity contribution in [2.24, 2.45) is 4.99 Å². The number of nitrogens with one attached hydrogen (secondary N) is 1. The van der Waals surface area contributed by atoms with E-state index < -0.39 is 0 Å². The summed E-state index contributed by atoms with van der Waals surface area (Å²) in [5.41, 5.74) is 0.441. The molecule has 1 aliphatic heterocycles. The van der Waals surface area contributed by atoms with Crippen LogP contribution < -0.4 is 5.32 Å². The van der Waals surface area contributed by atoms with Gasteiger partial charge in [-0.3, -0.25) is 4.99 Å². The van der Waals surface area contributed by atoms with E-state index in [-0.39, 0.29) is 11.1 Å². The van der Waals surface area contributed by atoms with E-state index in [9.17, 15) is 0 Å². The lowest BCUT2D eigenvalue weighted by molar-refractivity contribution is 0.323. The Morgan fingerprint density at radius 3 is 2.38 bits per heavy atom. The molecule has 92 valence electrons. The van der Waals surface area contributed by atoms with E-state index in [4.69, 9.17) is 4.99 Å². The summed E-state index contributed by atoms with van der Waals surface area (Å²) in [5, 5.41) is 4.76. The minimum Gasteiger partial charge on any atom is -0.360 e. The smallest absolute Gasteiger partial charge is 0.157 e. The van der Waals surface area contributed by atoms with Crippen LogP contribution in [0.5, 0.6) is 0 Å². The van der Waals surface area contributed by atoms with Gasteiger partial charge in [-0.1, -0.05) is 31.0 Å². The highest BCUT2D eigenvalue weighted by molar-refractivity contribution is 8.13. The Labute approximate surface area is 104 Å². The van der Waals surface area contributed by atoms with Crippen molar-refractivity contribution >= 4 is 16.9 Å². The third-order valence-electron chi connectivity index (χ3n) is 3.71. The lowest BCUT2D eigenvalue weighted by Gasteiger charge is -2.36. The molecule has 2 nitrogen and oxygen atoms in total. The number of hydrogen-bond acceptors (Lipinski definition) is 2. The lowest BCUT2D eigenvalue weighted by Crippen LogP contribution is -2.47. The Hall–Kier alpha value is -0.180. The molecule has 0 amide bonds. The largest absolute Gasteiger partial charge is 0.360 e. The molecule has 1 saturated heterocycles. The first kappa shape index (κ1) is 12.3. The number of nitrogens with zero attached hydrogens (tertiary/aromatic N) is 1. The predicted octanol–water partition coefficient (Wildman–Crippen LogP) is 3.57. The number of thioether (sulfide) groups is 1. The van der Waals surface area contributed by atoms with E-state index in [0.29, 0.717) is 0 Å². The van der Waals surface area contributed by atoms with E-state index in [2.05, 4.69) is 26.1 Å². The van der Waals surface area contributed by atoms with Crippen molar-refractivity contribution in [3.8, 4) is 0 Å². The van der Waals surface area contributed by atoms with Crippen LogP contribution in [0.1, 0.15) is 59.3 Å². The average molecular weight is 240 g/mol. The monoisotopic (exact) mass is 240 g/mol. The van der Waals surface area contributed by atoms with Crippen LogP contribution in [0.3, 0.4) is 0 Å². The van der Waals surface area contributed by atoms with Crippen molar-refractivity contribution in [3.05, 3.63) is 0 Å². The SMILES string of the molecule is CC1(N=C2NC(C)(C)CCS2)CCCCC1. The minimum atomic E-state index is 0.209. The Bertz CT molecular complexity index is 278. The van der Waals surface area contributed by atoms with Crippen LogP contribution in [0.15, 0.2) is 4.99 Å². The third kappa shape index (κ3) is 3.16. The van der Waals surface area contributed by atoms with Crippen molar-refractivity contribution in [2.45, 2.75) is 70.4 Å². The van der Waals surface area contributed by atoms with E-state index >= 15 is 0 Å². The Morgan fingerprint density at radius 1 is 1.06 bits per heavy atom. The number of aliphatic imine (C=N–C) groups is 1. The van der Waals surface area contributed by atoms with Crippen LogP contribution in [0.2, 0.25) is 0 Å². The summed E-state index contributed by atoms with van der Waals surface area (Å²) in [4.78, 5) is 4.99. The second-order valence-electron chi connectivity index (χ2n) is 6.08. The molecule has 0 aromatic heterocycles. The molecule has 3 heteroatoms. The van der Waals surface area contributed by atoms with Crippen molar-refractivity contribution in [1.82, 2.24) is 5.32 Å². The first-order valence-corrected chi connectivity index (χ1v) is 7.49. The molecule has 2 rings (SSSR count). The second kappa shape index (κ2) is 4.59. The van der Waals surface area contributed by atoms with Gasteiger partial charge in [-0.25, -0.2) is 0 Å². The van der Waals surface area contributed by atoms with Gasteiger partial charge in [-0.05, 0) is 40.0 Å². The maximum atomic E-state index is 4.99. The van der Waals surface area contributed by atoms with Crippen molar-refractivity contribution in [2.75, 3.05) is 5.75 Å². The van der Waals surface area contributed by atoms with Crippen LogP contribution >= 0.6 is 11.8 Å². The molecule has 2 aliphatic rings. The first-order valence-electron chi connectivity index (χ1n) is 6.50. The highest BCUT2D eigenvalue weighted by Crippen LogP contribution is 2.33. The fourth-order valence-electron chi connectivity index (χ4n) is 2.52. The molecule has 0 spiro atoms. The normalized spacial score (nSPS) is 31.1. The van der Waals surface area contributed by atoms with Crippen molar-refractivity contribution in [1.29, 1.82) is 0 Å². The molecular weight excluding hydrogens is 216 g/mol. The van der Waals surface area contributed by atoms with Gasteiger partial charge in [0.15, 0.2) is 5.17 Å². The summed E-state index contributed by atoms with van der Waals surface area (Å²) in [6, 6.07) is 0. The minimum absolute atomic E-state index is 0.209. The van der Waals surface area contributed by atoms with Crippen molar-refractivity contribution < 1.29 is 0 Å². The summed E-state index contributed by atoms with van der Waals surface area (Å²) < 4.78 is 0. The van der Waals surface area contributed by atoms with Crippen LogP contribution in [-0.2, 0) is 0 Å². The molecule has 0 aromatic rings. The lowest BCUT2D eigenvalue weighted by atomic mass is 9.84. The maximum absolute atomic E-state index is 4.99. The summed E-state index contributed by atoms with van der Waals surface area (Å²) in [7, 11) is 0. The quantitative estimate of drug-likeness (QED) is 0.757. The zero-order valence-corrected chi connectivity index (χ0v) is 11.6. The molecule has 16 heavy (non-hydrogen) atoms.